The molecular formula is C32H24N2O10. The summed E-state index contributed by atoms with van der Waals surface area (Å²) in [5.74, 6) is -5.35. The highest BCUT2D eigenvalue weighted by Crippen LogP contribution is 2.36. The molecule has 0 spiro atoms. The van der Waals surface area contributed by atoms with Crippen LogP contribution in [0.1, 0.15) is 52.6 Å². The van der Waals surface area contributed by atoms with Crippen molar-refractivity contribution in [3.8, 4) is 23.0 Å². The van der Waals surface area contributed by atoms with Crippen LogP contribution in [0.15, 0.2) is 48.5 Å². The van der Waals surface area contributed by atoms with Crippen molar-refractivity contribution >= 4 is 34.9 Å². The molecule has 3 aromatic carbocycles. The molecule has 12 heteroatoms. The van der Waals surface area contributed by atoms with Crippen molar-refractivity contribution in [1.82, 2.24) is 10.6 Å². The number of Topliss-reactive ketones (excluding diaryl/α,β-unsaturated/α-hetero) is 4. The summed E-state index contributed by atoms with van der Waals surface area (Å²) in [6.07, 6.45) is 0.837. The molecular weight excluding hydrogens is 572 g/mol. The fourth-order valence-electron chi connectivity index (χ4n) is 5.81. The molecule has 3 aromatic rings. The number of fused-ring (bicyclic) bond motifs is 4. The Morgan fingerprint density at radius 3 is 1.30 bits per heavy atom. The summed E-state index contributed by atoms with van der Waals surface area (Å²) in [5.41, 5.74) is 1.26. The maximum absolute atomic E-state index is 13.2. The van der Waals surface area contributed by atoms with Gasteiger partial charge in [0.25, 0.3) is 0 Å². The Bertz CT molecular complexity index is 1630. The van der Waals surface area contributed by atoms with Crippen LogP contribution in [0.2, 0.25) is 0 Å². The summed E-state index contributed by atoms with van der Waals surface area (Å²) < 4.78 is 21.3. The van der Waals surface area contributed by atoms with Crippen molar-refractivity contribution in [3.05, 3.63) is 81.9 Å². The number of amides is 2. The van der Waals surface area contributed by atoms with Gasteiger partial charge < -0.3 is 29.6 Å². The molecule has 44 heavy (non-hydrogen) atoms. The zero-order valence-electron chi connectivity index (χ0n) is 23.1. The molecule has 12 nitrogen and oxygen atoms in total. The molecule has 0 unspecified atom stereocenters. The lowest BCUT2D eigenvalue weighted by atomic mass is 10.0. The zero-order chi connectivity index (χ0) is 30.5. The maximum atomic E-state index is 13.2. The lowest BCUT2D eigenvalue weighted by Crippen LogP contribution is -2.38. The van der Waals surface area contributed by atoms with Crippen LogP contribution in [-0.4, -0.2) is 61.6 Å². The van der Waals surface area contributed by atoms with Gasteiger partial charge in [-0.3, -0.25) is 28.8 Å². The van der Waals surface area contributed by atoms with E-state index in [9.17, 15) is 28.8 Å². The van der Waals surface area contributed by atoms with Gasteiger partial charge in [0, 0.05) is 35.3 Å². The van der Waals surface area contributed by atoms with Gasteiger partial charge in [-0.25, -0.2) is 0 Å². The Kier molecular flexibility index (Phi) is 6.60. The smallest absolute Gasteiger partial charge is 0.238 e. The largest absolute Gasteiger partial charge is 0.454 e. The second-order valence-electron chi connectivity index (χ2n) is 10.7. The Hall–Kier alpha value is -5.52. The first-order chi connectivity index (χ1) is 21.3. The SMILES string of the molecule is O=C(NCCc1ccc2c(c1)OCO2)C1C(=O)c2cc3c(cc2C1=O)C(=O)C(C(=O)NCCc1ccc2c(c1)OCO2)C3=O. The van der Waals surface area contributed by atoms with Gasteiger partial charge in [0.05, 0.1) is 0 Å². The number of ketones is 4. The van der Waals surface area contributed by atoms with E-state index in [0.717, 1.165) is 23.3 Å². The first kappa shape index (κ1) is 27.3. The van der Waals surface area contributed by atoms with E-state index in [1.54, 1.807) is 24.3 Å². The van der Waals surface area contributed by atoms with E-state index in [0.29, 0.717) is 35.8 Å². The second-order valence-corrected chi connectivity index (χ2v) is 10.7. The van der Waals surface area contributed by atoms with E-state index in [-0.39, 0.29) is 48.9 Å². The summed E-state index contributed by atoms with van der Waals surface area (Å²) >= 11 is 0. The minimum atomic E-state index is -1.62. The van der Waals surface area contributed by atoms with Crippen LogP contribution in [0.5, 0.6) is 23.0 Å². The van der Waals surface area contributed by atoms with E-state index in [1.165, 1.54) is 0 Å². The van der Waals surface area contributed by atoms with Gasteiger partial charge >= 0.3 is 0 Å². The van der Waals surface area contributed by atoms with E-state index in [2.05, 4.69) is 10.6 Å². The predicted octanol–water partition coefficient (Wildman–Crippen LogP) is 1.85. The van der Waals surface area contributed by atoms with Crippen molar-refractivity contribution in [2.45, 2.75) is 12.8 Å². The number of benzene rings is 3. The molecule has 2 amide bonds. The first-order valence-corrected chi connectivity index (χ1v) is 14.0. The molecule has 2 aliphatic heterocycles. The third-order valence-corrected chi connectivity index (χ3v) is 8.09. The van der Waals surface area contributed by atoms with Gasteiger partial charge in [0.2, 0.25) is 25.4 Å². The van der Waals surface area contributed by atoms with Crippen molar-refractivity contribution in [1.29, 1.82) is 0 Å². The van der Waals surface area contributed by atoms with Gasteiger partial charge in [-0.05, 0) is 60.4 Å². The molecule has 0 fully saturated rings. The molecule has 0 radical (unpaired) electrons. The monoisotopic (exact) mass is 596 g/mol. The van der Waals surface area contributed by atoms with Crippen LogP contribution < -0.4 is 29.6 Å². The summed E-state index contributed by atoms with van der Waals surface area (Å²) in [7, 11) is 0. The third kappa shape index (κ3) is 4.55. The Labute approximate surface area is 249 Å². The van der Waals surface area contributed by atoms with E-state index in [1.807, 2.05) is 12.1 Å². The highest BCUT2D eigenvalue weighted by Gasteiger charge is 2.49. The van der Waals surface area contributed by atoms with Crippen LogP contribution >= 0.6 is 0 Å². The van der Waals surface area contributed by atoms with E-state index < -0.39 is 46.8 Å². The summed E-state index contributed by atoms with van der Waals surface area (Å²) in [5, 5.41) is 5.25. The van der Waals surface area contributed by atoms with Crippen LogP contribution in [0, 0.1) is 11.8 Å². The number of nitrogens with one attached hydrogen (secondary N) is 2. The lowest BCUT2D eigenvalue weighted by Gasteiger charge is -2.10. The average molecular weight is 597 g/mol. The van der Waals surface area contributed by atoms with E-state index in [4.69, 9.17) is 18.9 Å². The molecule has 2 N–H and O–H groups in total. The number of rotatable bonds is 8. The average Bonchev–Trinajstić information content (AvgIpc) is 3.78. The number of carbonyl (C=O) groups excluding carboxylic acids is 6. The summed E-state index contributed by atoms with van der Waals surface area (Å²) in [4.78, 5) is 78.4. The normalized spacial score (nSPS) is 16.4. The first-order valence-electron chi connectivity index (χ1n) is 14.0. The second kappa shape index (κ2) is 10.6. The lowest BCUT2D eigenvalue weighted by molar-refractivity contribution is -0.123. The number of ether oxygens (including phenoxy) is 4. The van der Waals surface area contributed by atoms with Gasteiger partial charge in [0.15, 0.2) is 58.0 Å². The molecule has 0 saturated heterocycles. The van der Waals surface area contributed by atoms with Crippen molar-refractivity contribution in [2.24, 2.45) is 11.8 Å². The quantitative estimate of drug-likeness (QED) is 0.367. The molecule has 0 bridgehead atoms. The number of hydrogen-bond acceptors (Lipinski definition) is 10. The Morgan fingerprint density at radius 2 is 0.909 bits per heavy atom. The molecule has 2 heterocycles. The van der Waals surface area contributed by atoms with Gasteiger partial charge in [-0.15, -0.1) is 0 Å². The van der Waals surface area contributed by atoms with Crippen molar-refractivity contribution in [2.75, 3.05) is 26.7 Å². The summed E-state index contributed by atoms with van der Waals surface area (Å²) in [6.45, 7) is 0.592. The molecule has 7 rings (SSSR count). The molecule has 0 aromatic heterocycles. The topological polar surface area (TPSA) is 163 Å². The third-order valence-electron chi connectivity index (χ3n) is 8.09. The number of carbonyl (C=O) groups is 6. The van der Waals surface area contributed by atoms with Crippen LogP contribution in [0.25, 0.3) is 0 Å². The molecule has 0 atom stereocenters. The fourth-order valence-corrected chi connectivity index (χ4v) is 5.81. The van der Waals surface area contributed by atoms with Gasteiger partial charge in [-0.1, -0.05) is 12.1 Å². The zero-order valence-corrected chi connectivity index (χ0v) is 23.1. The van der Waals surface area contributed by atoms with Crippen LogP contribution in [-0.2, 0) is 22.4 Å². The Balaban J connectivity index is 0.985. The Morgan fingerprint density at radius 1 is 0.545 bits per heavy atom. The minimum Gasteiger partial charge on any atom is -0.454 e. The summed E-state index contributed by atoms with van der Waals surface area (Å²) in [6, 6.07) is 13.1. The molecule has 222 valence electrons. The number of hydrogen-bond donors (Lipinski definition) is 2. The van der Waals surface area contributed by atoms with Crippen molar-refractivity contribution in [3.63, 3.8) is 0 Å². The van der Waals surface area contributed by atoms with Crippen molar-refractivity contribution < 1.29 is 47.7 Å². The molecule has 0 saturated carbocycles. The molecule has 2 aliphatic carbocycles. The van der Waals surface area contributed by atoms with Crippen LogP contribution in [0.4, 0.5) is 0 Å². The predicted molar refractivity (Wildman–Crippen MR) is 149 cm³/mol. The highest BCUT2D eigenvalue weighted by molar-refractivity contribution is 6.39. The maximum Gasteiger partial charge on any atom is 0.238 e. The van der Waals surface area contributed by atoms with Gasteiger partial charge in [0.1, 0.15) is 0 Å². The highest BCUT2D eigenvalue weighted by atomic mass is 16.7. The molecule has 4 aliphatic rings. The fraction of sp³-hybridized carbons (Fsp3) is 0.250. The standard InChI is InChI=1S/C32H24N2O10/c35-27-17-11-19-20(30(38)26(29(19)37)32(40)34-8-6-16-2-4-22-24(10-16)44-14-42-22)12-18(17)28(36)25(27)31(39)33-7-5-15-1-3-21-23(9-15)43-13-41-21/h1-4,9-12,25-26H,5-8,13-14H2,(H,33,39)(H,34,40). The van der Waals surface area contributed by atoms with Gasteiger partial charge in [-0.2, -0.15) is 0 Å². The van der Waals surface area contributed by atoms with E-state index >= 15 is 0 Å². The minimum absolute atomic E-state index is 0.116. The van der Waals surface area contributed by atoms with Crippen LogP contribution in [0.3, 0.4) is 0 Å².